The summed E-state index contributed by atoms with van der Waals surface area (Å²) in [7, 11) is -3.80. The fourth-order valence-electron chi connectivity index (χ4n) is 1.44. The molecule has 8 heteroatoms. The molecule has 0 spiro atoms. The van der Waals surface area contributed by atoms with Gasteiger partial charge >= 0.3 is 22.1 Å². The third-order valence-corrected chi connectivity index (χ3v) is 3.77. The summed E-state index contributed by atoms with van der Waals surface area (Å²) in [6.45, 7) is 3.30. The maximum Gasteiger partial charge on any atom is 0.355 e. The van der Waals surface area contributed by atoms with Crippen LogP contribution in [0.4, 0.5) is 0 Å². The van der Waals surface area contributed by atoms with Crippen LogP contribution in [-0.2, 0) is 19.1 Å². The zero-order valence-corrected chi connectivity index (χ0v) is 11.8. The summed E-state index contributed by atoms with van der Waals surface area (Å²) in [6.07, 6.45) is 0.844. The maximum absolute atomic E-state index is 11.0. The molecule has 0 unspecified atom stereocenters. The van der Waals surface area contributed by atoms with Crippen LogP contribution < -0.4 is 0 Å². The Labute approximate surface area is 121 Å². The molecule has 0 radical (unpaired) electrons. The predicted molar refractivity (Wildman–Crippen MR) is 72.1 cm³/mol. The molecule has 7 nitrogen and oxygen atoms in total. The average molecular weight is 314 g/mol. The van der Waals surface area contributed by atoms with Gasteiger partial charge in [-0.2, -0.15) is 8.42 Å². The lowest BCUT2D eigenvalue weighted by Gasteiger charge is -1.94. The van der Waals surface area contributed by atoms with Crippen LogP contribution in [0.5, 0.6) is 0 Å². The standard InChI is InChI=1S/C7H4O4S.C6H10O3/c8-7-5-3-1-2-4-6(5)12(9,10)11-7;1-5(6(8)9)3-2-4-7/h1-4H;7H,1-4H2,(H,8,9). The summed E-state index contributed by atoms with van der Waals surface area (Å²) in [5, 5.41) is 16.5. The molecule has 1 heterocycles. The lowest BCUT2D eigenvalue weighted by molar-refractivity contribution is -0.132. The Balaban J connectivity index is 0.000000222. The molecule has 0 saturated heterocycles. The number of benzene rings is 1. The van der Waals surface area contributed by atoms with Crippen LogP contribution in [-0.4, -0.2) is 37.2 Å². The number of hydrogen-bond donors (Lipinski definition) is 2. The molecule has 0 bridgehead atoms. The molecule has 21 heavy (non-hydrogen) atoms. The van der Waals surface area contributed by atoms with E-state index in [1.165, 1.54) is 12.1 Å². The van der Waals surface area contributed by atoms with Gasteiger partial charge in [0.2, 0.25) is 0 Å². The number of carbonyl (C=O) groups is 2. The van der Waals surface area contributed by atoms with Crippen molar-refractivity contribution in [3.8, 4) is 0 Å². The highest BCUT2D eigenvalue weighted by atomic mass is 32.2. The molecular formula is C13H14O7S. The highest BCUT2D eigenvalue weighted by Crippen LogP contribution is 2.26. The number of rotatable bonds is 4. The van der Waals surface area contributed by atoms with Gasteiger partial charge in [-0.15, -0.1) is 0 Å². The molecule has 1 aromatic carbocycles. The monoisotopic (exact) mass is 314 g/mol. The minimum Gasteiger partial charge on any atom is -0.478 e. The van der Waals surface area contributed by atoms with Gasteiger partial charge in [0.1, 0.15) is 4.90 Å². The largest absolute Gasteiger partial charge is 0.478 e. The number of aliphatic hydroxyl groups is 1. The Morgan fingerprint density at radius 1 is 1.29 bits per heavy atom. The molecular weight excluding hydrogens is 300 g/mol. The number of hydrogen-bond acceptors (Lipinski definition) is 6. The summed E-state index contributed by atoms with van der Waals surface area (Å²) in [5.74, 6) is -1.78. The molecule has 1 aromatic rings. The van der Waals surface area contributed by atoms with E-state index in [0.717, 1.165) is 0 Å². The van der Waals surface area contributed by atoms with Crippen LogP contribution in [0, 0.1) is 0 Å². The number of carboxylic acid groups (broad SMARTS) is 1. The Bertz CT molecular complexity index is 661. The first-order chi connectivity index (χ1) is 9.79. The topological polar surface area (TPSA) is 118 Å². The van der Waals surface area contributed by atoms with E-state index < -0.39 is 22.1 Å². The van der Waals surface area contributed by atoms with E-state index in [2.05, 4.69) is 10.8 Å². The Morgan fingerprint density at radius 2 is 1.90 bits per heavy atom. The van der Waals surface area contributed by atoms with Crippen molar-refractivity contribution >= 4 is 22.1 Å². The number of carboxylic acids is 1. The van der Waals surface area contributed by atoms with Crippen LogP contribution in [0.15, 0.2) is 41.3 Å². The Kier molecular flexibility index (Phi) is 5.62. The van der Waals surface area contributed by atoms with E-state index in [9.17, 15) is 18.0 Å². The highest BCUT2D eigenvalue weighted by Gasteiger charge is 2.34. The molecule has 0 amide bonds. The van der Waals surface area contributed by atoms with Crippen LogP contribution in [0.1, 0.15) is 23.2 Å². The van der Waals surface area contributed by atoms with Gasteiger partial charge in [-0.25, -0.2) is 9.59 Å². The zero-order valence-electron chi connectivity index (χ0n) is 11.0. The van der Waals surface area contributed by atoms with E-state index in [1.54, 1.807) is 12.1 Å². The second kappa shape index (κ2) is 7.00. The second-order valence-electron chi connectivity index (χ2n) is 4.06. The lowest BCUT2D eigenvalue weighted by Crippen LogP contribution is -1.99. The minimum atomic E-state index is -3.80. The van der Waals surface area contributed by atoms with Crippen molar-refractivity contribution < 1.29 is 32.4 Å². The van der Waals surface area contributed by atoms with Crippen LogP contribution >= 0.6 is 0 Å². The summed E-state index contributed by atoms with van der Waals surface area (Å²) < 4.78 is 26.2. The van der Waals surface area contributed by atoms with Gasteiger partial charge in [-0.3, -0.25) is 0 Å². The van der Waals surface area contributed by atoms with E-state index >= 15 is 0 Å². The first-order valence-electron chi connectivity index (χ1n) is 5.89. The number of fused-ring (bicyclic) bond motifs is 1. The fourth-order valence-corrected chi connectivity index (χ4v) is 2.49. The van der Waals surface area contributed by atoms with E-state index in [0.29, 0.717) is 12.8 Å². The summed E-state index contributed by atoms with van der Waals surface area (Å²) in [5.41, 5.74) is 0.265. The highest BCUT2D eigenvalue weighted by molar-refractivity contribution is 7.87. The SMILES string of the molecule is C=C(CCCO)C(=O)O.O=C1OS(=O)(=O)c2ccccc21. The van der Waals surface area contributed by atoms with Crippen LogP contribution in [0.3, 0.4) is 0 Å². The summed E-state index contributed by atoms with van der Waals surface area (Å²) >= 11 is 0. The average Bonchev–Trinajstić information content (AvgIpc) is 2.67. The third-order valence-electron chi connectivity index (χ3n) is 2.50. The van der Waals surface area contributed by atoms with Crippen molar-refractivity contribution in [2.45, 2.75) is 17.7 Å². The van der Waals surface area contributed by atoms with Gasteiger partial charge in [0.05, 0.1) is 5.56 Å². The van der Waals surface area contributed by atoms with Crippen molar-refractivity contribution in [1.82, 2.24) is 0 Å². The van der Waals surface area contributed by atoms with Gasteiger partial charge < -0.3 is 14.4 Å². The molecule has 1 aliphatic rings. The fraction of sp³-hybridized carbons (Fsp3) is 0.231. The van der Waals surface area contributed by atoms with Crippen LogP contribution in [0.25, 0.3) is 0 Å². The first kappa shape index (κ1) is 16.9. The lowest BCUT2D eigenvalue weighted by atomic mass is 10.2. The third kappa shape index (κ3) is 4.40. The molecule has 0 fully saturated rings. The number of aliphatic carboxylic acids is 1. The zero-order chi connectivity index (χ0) is 16.0. The van der Waals surface area contributed by atoms with Crippen LogP contribution in [0.2, 0.25) is 0 Å². The summed E-state index contributed by atoms with van der Waals surface area (Å²) in [4.78, 5) is 20.9. The molecule has 0 atom stereocenters. The van der Waals surface area contributed by atoms with Gasteiger partial charge in [0.15, 0.2) is 0 Å². The van der Waals surface area contributed by atoms with Gasteiger partial charge in [0, 0.05) is 12.2 Å². The number of carbonyl (C=O) groups excluding carboxylic acids is 1. The molecule has 2 N–H and O–H groups in total. The maximum atomic E-state index is 11.0. The van der Waals surface area contributed by atoms with Crippen molar-refractivity contribution in [3.63, 3.8) is 0 Å². The normalized spacial score (nSPS) is 14.4. The molecule has 0 saturated carbocycles. The predicted octanol–water partition coefficient (Wildman–Crippen LogP) is 0.945. The molecule has 0 aliphatic carbocycles. The smallest absolute Gasteiger partial charge is 0.355 e. The number of aliphatic hydroxyl groups excluding tert-OH is 1. The second-order valence-corrected chi connectivity index (χ2v) is 5.57. The van der Waals surface area contributed by atoms with Crippen molar-refractivity contribution in [2.24, 2.45) is 0 Å². The van der Waals surface area contributed by atoms with Crippen molar-refractivity contribution in [1.29, 1.82) is 0 Å². The van der Waals surface area contributed by atoms with E-state index in [1.807, 2.05) is 0 Å². The quantitative estimate of drug-likeness (QED) is 0.627. The van der Waals surface area contributed by atoms with Gasteiger partial charge in [-0.1, -0.05) is 18.7 Å². The van der Waals surface area contributed by atoms with Crippen molar-refractivity contribution in [2.75, 3.05) is 6.61 Å². The molecule has 114 valence electrons. The van der Waals surface area contributed by atoms with Gasteiger partial charge in [-0.05, 0) is 25.0 Å². The molecule has 0 aromatic heterocycles. The van der Waals surface area contributed by atoms with E-state index in [-0.39, 0.29) is 22.6 Å². The molecule has 2 rings (SSSR count). The van der Waals surface area contributed by atoms with Crippen molar-refractivity contribution in [3.05, 3.63) is 42.0 Å². The van der Waals surface area contributed by atoms with E-state index in [4.69, 9.17) is 10.2 Å². The first-order valence-corrected chi connectivity index (χ1v) is 7.30. The van der Waals surface area contributed by atoms with Gasteiger partial charge in [0.25, 0.3) is 0 Å². The molecule has 1 aliphatic heterocycles. The Morgan fingerprint density at radius 3 is 2.43 bits per heavy atom. The minimum absolute atomic E-state index is 0.0201. The summed E-state index contributed by atoms with van der Waals surface area (Å²) in [6, 6.07) is 5.89. The Hall–Kier alpha value is -2.19.